The van der Waals surface area contributed by atoms with Crippen LogP contribution in [-0.4, -0.2) is 36.3 Å². The van der Waals surface area contributed by atoms with E-state index in [1.54, 1.807) is 11.7 Å². The van der Waals surface area contributed by atoms with E-state index < -0.39 is 0 Å². The topological polar surface area (TPSA) is 70.4 Å². The summed E-state index contributed by atoms with van der Waals surface area (Å²) in [5.74, 6) is 0.399. The van der Waals surface area contributed by atoms with Crippen molar-refractivity contribution in [1.29, 1.82) is 0 Å². The molecule has 0 bridgehead atoms. The maximum absolute atomic E-state index is 13.5. The largest absolute Gasteiger partial charge is 0.469 e. The molecule has 0 aliphatic rings. The summed E-state index contributed by atoms with van der Waals surface area (Å²) in [4.78, 5) is 30.5. The van der Waals surface area contributed by atoms with Crippen LogP contribution in [0.25, 0.3) is 21.3 Å². The molecule has 31 heavy (non-hydrogen) atoms. The molecule has 0 aliphatic heterocycles. The lowest BCUT2D eigenvalue weighted by Gasteiger charge is -2.19. The summed E-state index contributed by atoms with van der Waals surface area (Å²) in [7, 11) is 3.00. The van der Waals surface area contributed by atoms with Crippen molar-refractivity contribution in [3.63, 3.8) is 0 Å². The van der Waals surface area contributed by atoms with Crippen molar-refractivity contribution < 1.29 is 14.3 Å². The SMILES string of the molecule is COCCc1nc2scc(-c3ccc(C(C)(C)C)cc3)c2c(=O)n1CCCC(=O)OC. The van der Waals surface area contributed by atoms with Gasteiger partial charge < -0.3 is 9.47 Å². The predicted molar refractivity (Wildman–Crippen MR) is 125 cm³/mol. The highest BCUT2D eigenvalue weighted by Gasteiger charge is 2.18. The normalized spacial score (nSPS) is 11.8. The van der Waals surface area contributed by atoms with Crippen molar-refractivity contribution in [2.24, 2.45) is 0 Å². The van der Waals surface area contributed by atoms with Gasteiger partial charge in [0.25, 0.3) is 5.56 Å². The smallest absolute Gasteiger partial charge is 0.305 e. The van der Waals surface area contributed by atoms with Gasteiger partial charge in [0.15, 0.2) is 0 Å². The molecular weight excluding hydrogens is 412 g/mol. The van der Waals surface area contributed by atoms with Crippen molar-refractivity contribution in [3.05, 3.63) is 51.4 Å². The van der Waals surface area contributed by atoms with E-state index in [-0.39, 0.29) is 23.4 Å². The number of aromatic nitrogens is 2. The van der Waals surface area contributed by atoms with E-state index in [2.05, 4.69) is 45.0 Å². The van der Waals surface area contributed by atoms with Crippen LogP contribution in [0.3, 0.4) is 0 Å². The van der Waals surface area contributed by atoms with E-state index in [1.807, 2.05) is 5.38 Å². The highest BCUT2D eigenvalue weighted by molar-refractivity contribution is 7.17. The Morgan fingerprint density at radius 1 is 1.16 bits per heavy atom. The van der Waals surface area contributed by atoms with Crippen LogP contribution in [0.4, 0.5) is 0 Å². The van der Waals surface area contributed by atoms with Gasteiger partial charge in [-0.1, -0.05) is 45.0 Å². The van der Waals surface area contributed by atoms with Gasteiger partial charge in [0.05, 0.1) is 19.1 Å². The average Bonchev–Trinajstić information content (AvgIpc) is 3.17. The highest BCUT2D eigenvalue weighted by atomic mass is 32.1. The first-order chi connectivity index (χ1) is 14.8. The number of hydrogen-bond acceptors (Lipinski definition) is 6. The molecule has 6 nitrogen and oxygen atoms in total. The third-order valence-corrected chi connectivity index (χ3v) is 6.23. The molecule has 7 heteroatoms. The number of rotatable bonds is 8. The summed E-state index contributed by atoms with van der Waals surface area (Å²) >= 11 is 1.48. The second-order valence-corrected chi connectivity index (χ2v) is 9.42. The minimum Gasteiger partial charge on any atom is -0.469 e. The van der Waals surface area contributed by atoms with Crippen molar-refractivity contribution in [2.45, 2.75) is 52.0 Å². The van der Waals surface area contributed by atoms with Crippen molar-refractivity contribution in [3.8, 4) is 11.1 Å². The van der Waals surface area contributed by atoms with Gasteiger partial charge in [0.2, 0.25) is 0 Å². The Hall–Kier alpha value is -2.51. The van der Waals surface area contributed by atoms with Gasteiger partial charge in [-0.3, -0.25) is 14.2 Å². The lowest BCUT2D eigenvalue weighted by Crippen LogP contribution is -2.26. The zero-order chi connectivity index (χ0) is 22.6. The predicted octanol–water partition coefficient (Wildman–Crippen LogP) is 4.56. The number of benzene rings is 1. The third-order valence-electron chi connectivity index (χ3n) is 5.35. The maximum atomic E-state index is 13.5. The van der Waals surface area contributed by atoms with Gasteiger partial charge in [0.1, 0.15) is 10.7 Å². The Kier molecular flexibility index (Phi) is 7.28. The number of nitrogens with zero attached hydrogens (tertiary/aromatic N) is 2. The standard InChI is InChI=1S/C24H30N2O4S/c1-24(2,3)17-10-8-16(9-11-17)18-15-31-22-21(18)23(28)26(13-6-7-20(27)30-5)19(25-22)12-14-29-4/h8-11,15H,6-7,12-14H2,1-5H3. The summed E-state index contributed by atoms with van der Waals surface area (Å²) in [6.45, 7) is 7.43. The molecule has 0 saturated heterocycles. The summed E-state index contributed by atoms with van der Waals surface area (Å²) in [6.07, 6.45) is 1.31. The molecule has 3 rings (SSSR count). The van der Waals surface area contributed by atoms with Crippen molar-refractivity contribution >= 4 is 27.5 Å². The van der Waals surface area contributed by atoms with E-state index >= 15 is 0 Å². The van der Waals surface area contributed by atoms with E-state index in [4.69, 9.17) is 14.5 Å². The molecule has 0 radical (unpaired) electrons. The Labute approximate surface area is 186 Å². The molecule has 0 N–H and O–H groups in total. The van der Waals surface area contributed by atoms with E-state index in [0.717, 1.165) is 16.0 Å². The van der Waals surface area contributed by atoms with Gasteiger partial charge in [0, 0.05) is 37.4 Å². The molecule has 1 aromatic carbocycles. The number of esters is 1. The van der Waals surface area contributed by atoms with Crippen LogP contribution < -0.4 is 5.56 Å². The quantitative estimate of drug-likeness (QED) is 0.478. The van der Waals surface area contributed by atoms with Crippen molar-refractivity contribution in [2.75, 3.05) is 20.8 Å². The first kappa shape index (κ1) is 23.2. The fourth-order valence-corrected chi connectivity index (χ4v) is 4.48. The second kappa shape index (κ2) is 9.75. The van der Waals surface area contributed by atoms with Crippen LogP contribution in [0.5, 0.6) is 0 Å². The lowest BCUT2D eigenvalue weighted by atomic mass is 9.86. The number of ether oxygens (including phenoxy) is 2. The van der Waals surface area contributed by atoms with Crippen LogP contribution in [0, 0.1) is 0 Å². The Balaban J connectivity index is 2.04. The molecule has 0 amide bonds. The van der Waals surface area contributed by atoms with E-state index in [1.165, 1.54) is 24.0 Å². The van der Waals surface area contributed by atoms with Gasteiger partial charge in [-0.15, -0.1) is 11.3 Å². The molecule has 2 aromatic heterocycles. The van der Waals surface area contributed by atoms with E-state index in [9.17, 15) is 9.59 Å². The first-order valence-electron chi connectivity index (χ1n) is 10.4. The Bertz CT molecular complexity index is 1110. The van der Waals surface area contributed by atoms with Crippen LogP contribution in [0.1, 0.15) is 45.0 Å². The number of hydrogen-bond donors (Lipinski definition) is 0. The minimum atomic E-state index is -0.282. The fourth-order valence-electron chi connectivity index (χ4n) is 3.53. The zero-order valence-corrected chi connectivity index (χ0v) is 19.7. The molecule has 3 aromatic rings. The summed E-state index contributed by atoms with van der Waals surface area (Å²) in [6, 6.07) is 8.38. The Morgan fingerprint density at radius 2 is 1.87 bits per heavy atom. The molecule has 0 fully saturated rings. The molecule has 0 atom stereocenters. The monoisotopic (exact) mass is 442 g/mol. The van der Waals surface area contributed by atoms with Gasteiger partial charge >= 0.3 is 5.97 Å². The number of thiophene rings is 1. The number of carbonyl (C=O) groups is 1. The Morgan fingerprint density at radius 3 is 2.48 bits per heavy atom. The molecular formula is C24H30N2O4S. The van der Waals surface area contributed by atoms with Gasteiger partial charge in [-0.05, 0) is 23.0 Å². The number of carbonyl (C=O) groups excluding carboxylic acids is 1. The second-order valence-electron chi connectivity index (χ2n) is 8.56. The molecule has 0 aliphatic carbocycles. The molecule has 2 heterocycles. The summed E-state index contributed by atoms with van der Waals surface area (Å²) in [5.41, 5.74) is 3.15. The van der Waals surface area contributed by atoms with Gasteiger partial charge in [-0.2, -0.15) is 0 Å². The van der Waals surface area contributed by atoms with Gasteiger partial charge in [-0.25, -0.2) is 4.98 Å². The lowest BCUT2D eigenvalue weighted by molar-refractivity contribution is -0.140. The van der Waals surface area contributed by atoms with Crippen LogP contribution in [0.2, 0.25) is 0 Å². The molecule has 166 valence electrons. The average molecular weight is 443 g/mol. The third kappa shape index (κ3) is 5.22. The van der Waals surface area contributed by atoms with Crippen LogP contribution in [-0.2, 0) is 32.6 Å². The van der Waals surface area contributed by atoms with E-state index in [0.29, 0.717) is 37.2 Å². The van der Waals surface area contributed by atoms with Crippen LogP contribution >= 0.6 is 11.3 Å². The summed E-state index contributed by atoms with van der Waals surface area (Å²) in [5, 5.41) is 2.64. The molecule has 0 spiro atoms. The fraction of sp³-hybridized carbons (Fsp3) is 0.458. The van der Waals surface area contributed by atoms with Crippen LogP contribution in [0.15, 0.2) is 34.4 Å². The molecule has 0 saturated carbocycles. The maximum Gasteiger partial charge on any atom is 0.305 e. The molecule has 0 unspecified atom stereocenters. The van der Waals surface area contributed by atoms with Crippen molar-refractivity contribution in [1.82, 2.24) is 9.55 Å². The highest BCUT2D eigenvalue weighted by Crippen LogP contribution is 2.32. The zero-order valence-electron chi connectivity index (χ0n) is 18.9. The number of fused-ring (bicyclic) bond motifs is 1. The summed E-state index contributed by atoms with van der Waals surface area (Å²) < 4.78 is 11.6. The first-order valence-corrected chi connectivity index (χ1v) is 11.3. The number of methoxy groups -OCH3 is 2. The minimum absolute atomic E-state index is 0.0689.